The van der Waals surface area contributed by atoms with Gasteiger partial charge in [0.15, 0.2) is 0 Å². The van der Waals surface area contributed by atoms with E-state index in [4.69, 9.17) is 0 Å². The molecule has 4 rings (SSSR count). The fourth-order valence-corrected chi connectivity index (χ4v) is 6.44. The number of amides is 2. The molecule has 0 aromatic heterocycles. The van der Waals surface area contributed by atoms with Crippen LogP contribution in [0.25, 0.3) is 0 Å². The van der Waals surface area contributed by atoms with E-state index in [0.717, 1.165) is 46.7 Å². The van der Waals surface area contributed by atoms with E-state index in [1.165, 1.54) is 17.0 Å². The molecule has 3 aromatic rings. The van der Waals surface area contributed by atoms with Crippen LogP contribution < -0.4 is 9.62 Å². The molecule has 0 heterocycles. The molecule has 206 valence electrons. The first-order chi connectivity index (χ1) is 18.7. The van der Waals surface area contributed by atoms with Crippen LogP contribution in [0.5, 0.6) is 0 Å². The van der Waals surface area contributed by atoms with E-state index in [0.29, 0.717) is 5.69 Å². The van der Waals surface area contributed by atoms with Crippen molar-refractivity contribution in [3.63, 3.8) is 0 Å². The van der Waals surface area contributed by atoms with Gasteiger partial charge in [-0.25, -0.2) is 8.42 Å². The number of aryl methyl sites for hydroxylation is 2. The molecule has 2 amide bonds. The quantitative estimate of drug-likeness (QED) is 0.388. The normalized spacial score (nSPS) is 14.5. The lowest BCUT2D eigenvalue weighted by Gasteiger charge is -2.33. The van der Waals surface area contributed by atoms with Crippen LogP contribution in [-0.4, -0.2) is 43.8 Å². The van der Waals surface area contributed by atoms with E-state index in [1.54, 1.807) is 37.3 Å². The average molecular weight is 548 g/mol. The van der Waals surface area contributed by atoms with Crippen LogP contribution in [0.3, 0.4) is 0 Å². The van der Waals surface area contributed by atoms with Gasteiger partial charge in [-0.05, 0) is 62.9 Å². The maximum Gasteiger partial charge on any atom is 0.264 e. The van der Waals surface area contributed by atoms with Gasteiger partial charge in [0.1, 0.15) is 12.6 Å². The van der Waals surface area contributed by atoms with Crippen LogP contribution in [-0.2, 0) is 26.2 Å². The summed E-state index contributed by atoms with van der Waals surface area (Å²) in [6.07, 6.45) is 4.02. The third-order valence-corrected chi connectivity index (χ3v) is 9.11. The molecule has 0 spiro atoms. The van der Waals surface area contributed by atoms with Crippen molar-refractivity contribution < 1.29 is 18.0 Å². The summed E-state index contributed by atoms with van der Waals surface area (Å²) >= 11 is 0. The third kappa shape index (κ3) is 6.87. The Morgan fingerprint density at radius 1 is 0.897 bits per heavy atom. The van der Waals surface area contributed by atoms with Gasteiger partial charge in [-0.1, -0.05) is 79.1 Å². The summed E-state index contributed by atoms with van der Waals surface area (Å²) < 4.78 is 28.9. The highest BCUT2D eigenvalue weighted by molar-refractivity contribution is 7.92. The van der Waals surface area contributed by atoms with Crippen molar-refractivity contribution in [2.45, 2.75) is 70.0 Å². The van der Waals surface area contributed by atoms with E-state index < -0.39 is 28.5 Å². The van der Waals surface area contributed by atoms with Crippen LogP contribution in [0.4, 0.5) is 5.69 Å². The summed E-state index contributed by atoms with van der Waals surface area (Å²) in [4.78, 5) is 28.9. The van der Waals surface area contributed by atoms with E-state index in [1.807, 2.05) is 50.2 Å². The van der Waals surface area contributed by atoms with Crippen molar-refractivity contribution in [1.82, 2.24) is 10.2 Å². The zero-order chi connectivity index (χ0) is 28.0. The highest BCUT2D eigenvalue weighted by atomic mass is 32.2. The molecule has 1 saturated carbocycles. The minimum atomic E-state index is -4.06. The molecular formula is C31H37N3O4S. The summed E-state index contributed by atoms with van der Waals surface area (Å²) in [5, 5.41) is 3.09. The molecule has 1 atom stereocenters. The van der Waals surface area contributed by atoms with Crippen LogP contribution in [0.2, 0.25) is 0 Å². The van der Waals surface area contributed by atoms with Gasteiger partial charge in [0.25, 0.3) is 10.0 Å². The fraction of sp³-hybridized carbons (Fsp3) is 0.355. The summed E-state index contributed by atoms with van der Waals surface area (Å²) in [5.74, 6) is -0.678. The molecule has 0 saturated heterocycles. The van der Waals surface area contributed by atoms with Gasteiger partial charge in [-0.3, -0.25) is 13.9 Å². The predicted molar refractivity (Wildman–Crippen MR) is 154 cm³/mol. The summed E-state index contributed by atoms with van der Waals surface area (Å²) in [6.45, 7) is 5.26. The topological polar surface area (TPSA) is 86.8 Å². The van der Waals surface area contributed by atoms with Gasteiger partial charge in [0.2, 0.25) is 11.8 Å². The fourth-order valence-electron chi connectivity index (χ4n) is 4.94. The first kappa shape index (κ1) is 28.4. The minimum Gasteiger partial charge on any atom is -0.352 e. The maximum absolute atomic E-state index is 14.0. The van der Waals surface area contributed by atoms with Crippen molar-refractivity contribution in [1.29, 1.82) is 0 Å². The lowest BCUT2D eigenvalue weighted by Crippen LogP contribution is -2.52. The SMILES string of the molecule is Cc1ccc(CN(C(=O)CN(c2ccccc2C)S(=O)(=O)c2ccccc2)[C@H](C)C(=O)NC2CCCC2)cc1. The predicted octanol–water partition coefficient (Wildman–Crippen LogP) is 4.97. The number of sulfonamides is 1. The number of hydrogen-bond donors (Lipinski definition) is 1. The number of anilines is 1. The number of carbonyl (C=O) groups is 2. The van der Waals surface area contributed by atoms with Crippen LogP contribution in [0.15, 0.2) is 83.8 Å². The largest absolute Gasteiger partial charge is 0.352 e. The Balaban J connectivity index is 1.68. The second-order valence-corrected chi connectivity index (χ2v) is 12.1. The first-order valence-corrected chi connectivity index (χ1v) is 14.9. The van der Waals surface area contributed by atoms with E-state index in [-0.39, 0.29) is 23.4 Å². The Morgan fingerprint density at radius 2 is 1.51 bits per heavy atom. The number of nitrogens with zero attached hydrogens (tertiary/aromatic N) is 2. The standard InChI is InChI=1S/C31H37N3O4S/c1-23-17-19-26(20-18-23)21-33(25(3)31(36)32-27-12-8-9-13-27)30(35)22-34(29-16-10-7-11-24(29)2)39(37,38)28-14-5-4-6-15-28/h4-7,10-11,14-20,25,27H,8-9,12-13,21-22H2,1-3H3,(H,32,36)/t25-/m1/s1. The highest BCUT2D eigenvalue weighted by Crippen LogP contribution is 2.27. The van der Waals surface area contributed by atoms with Crippen LogP contribution >= 0.6 is 0 Å². The zero-order valence-electron chi connectivity index (χ0n) is 22.8. The molecule has 8 heteroatoms. The van der Waals surface area contributed by atoms with Gasteiger partial charge in [0.05, 0.1) is 10.6 Å². The Morgan fingerprint density at radius 3 is 2.15 bits per heavy atom. The Kier molecular flexibility index (Phi) is 9.07. The van der Waals surface area contributed by atoms with E-state index in [2.05, 4.69) is 5.32 Å². The van der Waals surface area contributed by atoms with Crippen molar-refractivity contribution in [3.8, 4) is 0 Å². The molecule has 3 aromatic carbocycles. The van der Waals surface area contributed by atoms with Crippen molar-refractivity contribution in [3.05, 3.63) is 95.6 Å². The van der Waals surface area contributed by atoms with Crippen molar-refractivity contribution >= 4 is 27.5 Å². The molecule has 0 aliphatic heterocycles. The molecule has 1 N–H and O–H groups in total. The lowest BCUT2D eigenvalue weighted by atomic mass is 10.1. The average Bonchev–Trinajstić information content (AvgIpc) is 3.45. The smallest absolute Gasteiger partial charge is 0.264 e. The van der Waals surface area contributed by atoms with Crippen LogP contribution in [0, 0.1) is 13.8 Å². The number of carbonyl (C=O) groups excluding carboxylic acids is 2. The summed E-state index contributed by atoms with van der Waals surface area (Å²) in [5.41, 5.74) is 3.10. The van der Waals surface area contributed by atoms with E-state index in [9.17, 15) is 18.0 Å². The molecule has 1 fully saturated rings. The van der Waals surface area contributed by atoms with E-state index >= 15 is 0 Å². The number of rotatable bonds is 10. The van der Waals surface area contributed by atoms with Gasteiger partial charge >= 0.3 is 0 Å². The van der Waals surface area contributed by atoms with Crippen LogP contribution in [0.1, 0.15) is 49.3 Å². The summed E-state index contributed by atoms with van der Waals surface area (Å²) in [6, 6.07) is 22.3. The Hall–Kier alpha value is -3.65. The molecule has 7 nitrogen and oxygen atoms in total. The molecule has 0 bridgehead atoms. The molecule has 1 aliphatic carbocycles. The highest BCUT2D eigenvalue weighted by Gasteiger charge is 2.33. The van der Waals surface area contributed by atoms with Gasteiger partial charge < -0.3 is 10.2 Å². The molecular weight excluding hydrogens is 510 g/mol. The minimum absolute atomic E-state index is 0.0955. The van der Waals surface area contributed by atoms with Crippen molar-refractivity contribution in [2.24, 2.45) is 0 Å². The van der Waals surface area contributed by atoms with Gasteiger partial charge in [0, 0.05) is 12.6 Å². The molecule has 1 aliphatic rings. The Labute approximate surface area is 231 Å². The number of nitrogens with one attached hydrogen (secondary N) is 1. The molecule has 39 heavy (non-hydrogen) atoms. The lowest BCUT2D eigenvalue weighted by molar-refractivity contribution is -0.139. The first-order valence-electron chi connectivity index (χ1n) is 13.5. The summed E-state index contributed by atoms with van der Waals surface area (Å²) in [7, 11) is -4.06. The van der Waals surface area contributed by atoms with Gasteiger partial charge in [-0.15, -0.1) is 0 Å². The third-order valence-electron chi connectivity index (χ3n) is 7.34. The molecule has 0 radical (unpaired) electrons. The van der Waals surface area contributed by atoms with Gasteiger partial charge in [-0.2, -0.15) is 0 Å². The zero-order valence-corrected chi connectivity index (χ0v) is 23.7. The number of benzene rings is 3. The monoisotopic (exact) mass is 547 g/mol. The second kappa shape index (κ2) is 12.5. The Bertz CT molecular complexity index is 1380. The van der Waals surface area contributed by atoms with Crippen molar-refractivity contribution in [2.75, 3.05) is 10.8 Å². The second-order valence-electron chi connectivity index (χ2n) is 10.3. The maximum atomic E-state index is 14.0. The molecule has 0 unspecified atom stereocenters. The number of hydrogen-bond acceptors (Lipinski definition) is 4. The number of para-hydroxylation sites is 1.